The fraction of sp³-hybridized carbons (Fsp3) is 0.0667. The second-order valence-corrected chi connectivity index (χ2v) is 4.69. The van der Waals surface area contributed by atoms with Crippen molar-refractivity contribution in [1.29, 1.82) is 0 Å². The number of anilines is 2. The van der Waals surface area contributed by atoms with Crippen LogP contribution in [0.2, 0.25) is 0 Å². The zero-order valence-corrected chi connectivity index (χ0v) is 11.4. The van der Waals surface area contributed by atoms with Gasteiger partial charge in [0, 0.05) is 30.3 Å². The van der Waals surface area contributed by atoms with Crippen LogP contribution in [0.5, 0.6) is 5.75 Å². The van der Waals surface area contributed by atoms with E-state index < -0.39 is 6.03 Å². The molecule has 6 heteroatoms. The number of nitrogens with two attached hydrogens (primary N) is 1. The molecule has 21 heavy (non-hydrogen) atoms. The number of carbonyl (C=O) groups is 1. The number of rotatable bonds is 2. The van der Waals surface area contributed by atoms with Crippen LogP contribution in [-0.2, 0) is 7.05 Å². The Kier molecular flexibility index (Phi) is 2.98. The maximum Gasteiger partial charge on any atom is 0.325 e. The number of aromatic nitrogens is 2. The number of nitrogens with zero attached hydrogens (tertiary/aromatic N) is 3. The first kappa shape index (κ1) is 13.0. The van der Waals surface area contributed by atoms with Crippen LogP contribution in [-0.4, -0.2) is 20.7 Å². The fourth-order valence-electron chi connectivity index (χ4n) is 2.32. The standard InChI is InChI=1S/C15H14N4O2/c1-18-8-6-10-9-11(4-5-12(10)18)19(15(16)21)14-13(20)3-2-7-17-14/h2-9,20H,1H3,(H2,16,21). The van der Waals surface area contributed by atoms with Crippen LogP contribution >= 0.6 is 0 Å². The predicted molar refractivity (Wildman–Crippen MR) is 80.5 cm³/mol. The number of amides is 2. The summed E-state index contributed by atoms with van der Waals surface area (Å²) in [6.45, 7) is 0. The maximum absolute atomic E-state index is 11.8. The lowest BCUT2D eigenvalue weighted by molar-refractivity contribution is 0.255. The SMILES string of the molecule is Cn1ccc2cc(N(C(N)=O)c3ncccc3O)ccc21. The largest absolute Gasteiger partial charge is 0.504 e. The molecule has 3 aromatic rings. The van der Waals surface area contributed by atoms with E-state index in [1.165, 1.54) is 17.2 Å². The average molecular weight is 282 g/mol. The average Bonchev–Trinajstić information content (AvgIpc) is 2.82. The van der Waals surface area contributed by atoms with Crippen molar-refractivity contribution in [3.63, 3.8) is 0 Å². The van der Waals surface area contributed by atoms with E-state index in [2.05, 4.69) is 4.98 Å². The number of pyridine rings is 1. The van der Waals surface area contributed by atoms with Crippen LogP contribution in [0.1, 0.15) is 0 Å². The normalized spacial score (nSPS) is 10.7. The number of hydrogen-bond donors (Lipinski definition) is 2. The minimum absolute atomic E-state index is 0.107. The third kappa shape index (κ3) is 2.16. The molecule has 0 spiro atoms. The summed E-state index contributed by atoms with van der Waals surface area (Å²) in [5.74, 6) is 0.00439. The summed E-state index contributed by atoms with van der Waals surface area (Å²) in [6, 6.07) is 9.75. The van der Waals surface area contributed by atoms with Gasteiger partial charge in [-0.05, 0) is 36.4 Å². The van der Waals surface area contributed by atoms with Gasteiger partial charge < -0.3 is 15.4 Å². The van der Waals surface area contributed by atoms with E-state index in [1.54, 1.807) is 12.1 Å². The molecule has 6 nitrogen and oxygen atoms in total. The van der Waals surface area contributed by atoms with E-state index in [4.69, 9.17) is 5.73 Å². The Hall–Kier alpha value is -3.02. The molecular formula is C15H14N4O2. The summed E-state index contributed by atoms with van der Waals surface area (Å²) in [4.78, 5) is 17.0. The van der Waals surface area contributed by atoms with E-state index in [0.29, 0.717) is 5.69 Å². The molecular weight excluding hydrogens is 268 g/mol. The highest BCUT2D eigenvalue weighted by Gasteiger charge is 2.20. The van der Waals surface area contributed by atoms with Crippen LogP contribution < -0.4 is 10.6 Å². The van der Waals surface area contributed by atoms with Crippen molar-refractivity contribution >= 4 is 28.4 Å². The molecule has 2 amide bonds. The molecule has 0 saturated carbocycles. The van der Waals surface area contributed by atoms with Crippen LogP contribution in [0.15, 0.2) is 48.8 Å². The van der Waals surface area contributed by atoms with E-state index in [0.717, 1.165) is 10.9 Å². The molecule has 0 aliphatic rings. The number of primary amides is 1. The van der Waals surface area contributed by atoms with Gasteiger partial charge in [0.05, 0.1) is 5.69 Å². The molecule has 3 rings (SSSR count). The molecule has 0 radical (unpaired) electrons. The first-order valence-corrected chi connectivity index (χ1v) is 6.36. The van der Waals surface area contributed by atoms with E-state index >= 15 is 0 Å². The summed E-state index contributed by atoms with van der Waals surface area (Å²) in [5.41, 5.74) is 7.04. The number of urea groups is 1. The number of fused-ring (bicyclic) bond motifs is 1. The quantitative estimate of drug-likeness (QED) is 0.757. The Bertz CT molecular complexity index is 825. The number of aryl methyl sites for hydroxylation is 1. The topological polar surface area (TPSA) is 84.4 Å². The molecule has 0 aliphatic carbocycles. The van der Waals surface area contributed by atoms with Crippen molar-refractivity contribution in [3.8, 4) is 5.75 Å². The summed E-state index contributed by atoms with van der Waals surface area (Å²) in [6.07, 6.45) is 3.42. The van der Waals surface area contributed by atoms with Crippen molar-refractivity contribution in [1.82, 2.24) is 9.55 Å². The minimum atomic E-state index is -0.709. The summed E-state index contributed by atoms with van der Waals surface area (Å²) in [7, 11) is 1.94. The summed E-state index contributed by atoms with van der Waals surface area (Å²) in [5, 5.41) is 10.9. The molecule has 106 valence electrons. The zero-order chi connectivity index (χ0) is 15.0. The predicted octanol–water partition coefficient (Wildman–Crippen LogP) is 2.50. The highest BCUT2D eigenvalue weighted by atomic mass is 16.3. The number of hydrogen-bond acceptors (Lipinski definition) is 3. The number of benzene rings is 1. The van der Waals surface area contributed by atoms with Gasteiger partial charge in [0.1, 0.15) is 0 Å². The molecule has 0 bridgehead atoms. The Morgan fingerprint density at radius 2 is 2.14 bits per heavy atom. The second-order valence-electron chi connectivity index (χ2n) is 4.69. The molecule has 0 unspecified atom stereocenters. The number of carbonyl (C=O) groups excluding carboxylic acids is 1. The van der Waals surface area contributed by atoms with Crippen LogP contribution in [0.4, 0.5) is 16.3 Å². The van der Waals surface area contributed by atoms with Gasteiger partial charge in [-0.3, -0.25) is 0 Å². The first-order chi connectivity index (χ1) is 10.1. The minimum Gasteiger partial charge on any atom is -0.504 e. The molecule has 2 aromatic heterocycles. The lowest BCUT2D eigenvalue weighted by Crippen LogP contribution is -2.32. The molecule has 2 heterocycles. The molecule has 3 N–H and O–H groups in total. The Morgan fingerprint density at radius 1 is 1.33 bits per heavy atom. The molecule has 0 fully saturated rings. The van der Waals surface area contributed by atoms with Crippen molar-refractivity contribution in [3.05, 3.63) is 48.8 Å². The molecule has 0 saturated heterocycles. The van der Waals surface area contributed by atoms with Crippen LogP contribution in [0.3, 0.4) is 0 Å². The Balaban J connectivity index is 2.16. The van der Waals surface area contributed by atoms with E-state index in [9.17, 15) is 9.90 Å². The molecule has 0 atom stereocenters. The van der Waals surface area contributed by atoms with Crippen LogP contribution in [0, 0.1) is 0 Å². The smallest absolute Gasteiger partial charge is 0.325 e. The van der Waals surface area contributed by atoms with Gasteiger partial charge in [-0.15, -0.1) is 0 Å². The van der Waals surface area contributed by atoms with Gasteiger partial charge in [0.2, 0.25) is 0 Å². The van der Waals surface area contributed by atoms with Gasteiger partial charge in [-0.2, -0.15) is 0 Å². The number of aromatic hydroxyl groups is 1. The Labute approximate surface area is 121 Å². The summed E-state index contributed by atoms with van der Waals surface area (Å²) >= 11 is 0. The third-order valence-electron chi connectivity index (χ3n) is 3.33. The maximum atomic E-state index is 11.8. The van der Waals surface area contributed by atoms with E-state index in [1.807, 2.05) is 36.0 Å². The van der Waals surface area contributed by atoms with Gasteiger partial charge >= 0.3 is 6.03 Å². The highest BCUT2D eigenvalue weighted by Crippen LogP contribution is 2.32. The lowest BCUT2D eigenvalue weighted by atomic mass is 10.2. The fourth-order valence-corrected chi connectivity index (χ4v) is 2.32. The van der Waals surface area contributed by atoms with E-state index in [-0.39, 0.29) is 11.6 Å². The molecule has 1 aromatic carbocycles. The van der Waals surface area contributed by atoms with Crippen LogP contribution in [0.25, 0.3) is 10.9 Å². The van der Waals surface area contributed by atoms with Gasteiger partial charge in [-0.1, -0.05) is 0 Å². The zero-order valence-electron chi connectivity index (χ0n) is 11.4. The molecule has 0 aliphatic heterocycles. The van der Waals surface area contributed by atoms with Gasteiger partial charge in [-0.25, -0.2) is 14.7 Å². The van der Waals surface area contributed by atoms with Crippen molar-refractivity contribution in [2.45, 2.75) is 0 Å². The second kappa shape index (κ2) is 4.82. The van der Waals surface area contributed by atoms with Crippen molar-refractivity contribution in [2.24, 2.45) is 12.8 Å². The monoisotopic (exact) mass is 282 g/mol. The van der Waals surface area contributed by atoms with Crippen molar-refractivity contribution < 1.29 is 9.90 Å². The van der Waals surface area contributed by atoms with Gasteiger partial charge in [0.25, 0.3) is 0 Å². The first-order valence-electron chi connectivity index (χ1n) is 6.36. The third-order valence-corrected chi connectivity index (χ3v) is 3.33. The van der Waals surface area contributed by atoms with Crippen molar-refractivity contribution in [2.75, 3.05) is 4.90 Å². The Morgan fingerprint density at radius 3 is 2.86 bits per heavy atom. The highest BCUT2D eigenvalue weighted by molar-refractivity contribution is 6.00. The lowest BCUT2D eigenvalue weighted by Gasteiger charge is -2.20. The van der Waals surface area contributed by atoms with Gasteiger partial charge in [0.15, 0.2) is 11.6 Å². The summed E-state index contributed by atoms with van der Waals surface area (Å²) < 4.78 is 1.98.